The maximum atomic E-state index is 14.0. The van der Waals surface area contributed by atoms with Crippen LogP contribution in [-0.2, 0) is 11.3 Å². The minimum absolute atomic E-state index is 0.299. The van der Waals surface area contributed by atoms with Crippen molar-refractivity contribution < 1.29 is 9.59 Å². The quantitative estimate of drug-likeness (QED) is 0.355. The van der Waals surface area contributed by atoms with Crippen LogP contribution in [0.4, 0.5) is 5.69 Å². The monoisotopic (exact) mass is 484 g/mol. The van der Waals surface area contributed by atoms with Gasteiger partial charge in [-0.25, -0.2) is 4.99 Å². The number of carbonyl (C=O) groups excluding carboxylic acids is 2. The second-order valence-corrected chi connectivity index (χ2v) is 8.92. The van der Waals surface area contributed by atoms with E-state index in [1.165, 1.54) is 0 Å². The predicted molar refractivity (Wildman–Crippen MR) is 146 cm³/mol. The van der Waals surface area contributed by atoms with Gasteiger partial charge in [0.25, 0.3) is 11.8 Å². The van der Waals surface area contributed by atoms with E-state index in [0.29, 0.717) is 18.0 Å². The molecule has 5 aromatic rings. The van der Waals surface area contributed by atoms with Gasteiger partial charge >= 0.3 is 0 Å². The summed E-state index contributed by atoms with van der Waals surface area (Å²) < 4.78 is 0. The third-order valence-corrected chi connectivity index (χ3v) is 6.48. The van der Waals surface area contributed by atoms with Crippen molar-refractivity contribution >= 4 is 34.1 Å². The van der Waals surface area contributed by atoms with Crippen LogP contribution >= 0.6 is 0 Å². The zero-order chi connectivity index (χ0) is 25.2. The molecule has 1 aromatic heterocycles. The van der Waals surface area contributed by atoms with Crippen LogP contribution in [0.1, 0.15) is 27.2 Å². The van der Waals surface area contributed by atoms with Gasteiger partial charge in [-0.15, -0.1) is 0 Å². The molecule has 4 aromatic carbocycles. The first kappa shape index (κ1) is 22.5. The number of H-pyrrole nitrogens is 1. The zero-order valence-corrected chi connectivity index (χ0v) is 20.0. The van der Waals surface area contributed by atoms with Gasteiger partial charge in [0.05, 0.1) is 17.9 Å². The summed E-state index contributed by atoms with van der Waals surface area (Å²) in [5.74, 6) is -0.692. The lowest BCUT2D eigenvalue weighted by atomic mass is 10.00. The van der Waals surface area contributed by atoms with Gasteiger partial charge in [0.1, 0.15) is 5.69 Å². The van der Waals surface area contributed by atoms with Crippen molar-refractivity contribution in [3.63, 3.8) is 0 Å². The molecule has 0 aliphatic carbocycles. The molecule has 0 saturated carbocycles. The second-order valence-electron chi connectivity index (χ2n) is 8.92. The number of benzodiazepines with no additional fused rings is 1. The van der Waals surface area contributed by atoms with Crippen LogP contribution in [0.25, 0.3) is 10.9 Å². The van der Waals surface area contributed by atoms with Crippen molar-refractivity contribution in [1.82, 2.24) is 10.3 Å². The Hall–Kier alpha value is -4.97. The third kappa shape index (κ3) is 4.41. The molecule has 6 heteroatoms. The number of amides is 2. The highest BCUT2D eigenvalue weighted by Gasteiger charge is 2.33. The van der Waals surface area contributed by atoms with Gasteiger partial charge in [-0.1, -0.05) is 97.1 Å². The van der Waals surface area contributed by atoms with Gasteiger partial charge in [0.15, 0.2) is 0 Å². The Labute approximate surface area is 214 Å². The molecule has 1 aliphatic heterocycles. The zero-order valence-electron chi connectivity index (χ0n) is 20.0. The maximum absolute atomic E-state index is 14.0. The molecule has 1 unspecified atom stereocenters. The molecule has 0 saturated heterocycles. The van der Waals surface area contributed by atoms with E-state index >= 15 is 0 Å². The summed E-state index contributed by atoms with van der Waals surface area (Å²) in [6.07, 6.45) is -1.11. The topological polar surface area (TPSA) is 77.6 Å². The number of benzene rings is 4. The molecule has 2 heterocycles. The molecule has 6 rings (SSSR count). The van der Waals surface area contributed by atoms with E-state index in [-0.39, 0.29) is 5.91 Å². The number of nitrogens with one attached hydrogen (secondary N) is 2. The number of para-hydroxylation sites is 2. The molecule has 1 aliphatic rings. The molecule has 6 nitrogen and oxygen atoms in total. The maximum Gasteiger partial charge on any atom is 0.272 e. The number of rotatable bonds is 5. The number of fused-ring (bicyclic) bond motifs is 2. The van der Waals surface area contributed by atoms with Crippen molar-refractivity contribution in [3.05, 3.63) is 138 Å². The SMILES string of the molecule is O=C(NC1N=C(c2ccccc2)c2ccccc2N(Cc2ccccc2)C1=O)c1cc2ccccc2[nH]1. The summed E-state index contributed by atoms with van der Waals surface area (Å²) in [4.78, 5) is 37.1. The van der Waals surface area contributed by atoms with Gasteiger partial charge in [-0.3, -0.25) is 9.59 Å². The lowest BCUT2D eigenvalue weighted by Crippen LogP contribution is -2.47. The molecule has 2 N–H and O–H groups in total. The van der Waals surface area contributed by atoms with Gasteiger partial charge < -0.3 is 15.2 Å². The Morgan fingerprint density at radius 3 is 2.30 bits per heavy atom. The van der Waals surface area contributed by atoms with E-state index in [2.05, 4.69) is 10.3 Å². The number of hydrogen-bond donors (Lipinski definition) is 2. The van der Waals surface area contributed by atoms with Crippen molar-refractivity contribution in [3.8, 4) is 0 Å². The van der Waals surface area contributed by atoms with Crippen LogP contribution in [0.2, 0.25) is 0 Å². The molecule has 0 fully saturated rings. The minimum atomic E-state index is -1.11. The summed E-state index contributed by atoms with van der Waals surface area (Å²) in [6.45, 7) is 0.354. The second kappa shape index (κ2) is 9.59. The summed E-state index contributed by atoms with van der Waals surface area (Å²) >= 11 is 0. The molecular formula is C31H24N4O2. The lowest BCUT2D eigenvalue weighted by Gasteiger charge is -2.25. The molecule has 0 bridgehead atoms. The van der Waals surface area contributed by atoms with Crippen LogP contribution in [0.5, 0.6) is 0 Å². The highest BCUT2D eigenvalue weighted by molar-refractivity contribution is 6.20. The average molecular weight is 485 g/mol. The van der Waals surface area contributed by atoms with E-state index in [9.17, 15) is 9.59 Å². The fraction of sp³-hybridized carbons (Fsp3) is 0.0645. The lowest BCUT2D eigenvalue weighted by molar-refractivity contribution is -0.120. The smallest absolute Gasteiger partial charge is 0.272 e. The van der Waals surface area contributed by atoms with Gasteiger partial charge in [-0.05, 0) is 23.8 Å². The van der Waals surface area contributed by atoms with Crippen LogP contribution in [0, 0.1) is 0 Å². The first-order chi connectivity index (χ1) is 18.2. The van der Waals surface area contributed by atoms with E-state index in [4.69, 9.17) is 4.99 Å². The molecule has 1 atom stereocenters. The van der Waals surface area contributed by atoms with Crippen molar-refractivity contribution in [2.75, 3.05) is 4.90 Å². The van der Waals surface area contributed by atoms with E-state index < -0.39 is 12.1 Å². The number of aromatic nitrogens is 1. The Bertz CT molecular complexity index is 1590. The van der Waals surface area contributed by atoms with Crippen molar-refractivity contribution in [2.45, 2.75) is 12.7 Å². The van der Waals surface area contributed by atoms with Crippen molar-refractivity contribution in [1.29, 1.82) is 0 Å². The molecule has 37 heavy (non-hydrogen) atoms. The summed E-state index contributed by atoms with van der Waals surface area (Å²) in [5.41, 5.74) is 5.32. The Morgan fingerprint density at radius 2 is 1.51 bits per heavy atom. The Kier molecular flexibility index (Phi) is 5.83. The molecule has 0 radical (unpaired) electrons. The highest BCUT2D eigenvalue weighted by Crippen LogP contribution is 2.29. The standard InChI is InChI=1S/C31H24N4O2/c36-30(26-19-23-15-7-9-17-25(23)32-26)34-29-31(37)35(20-21-11-3-1-4-12-21)27-18-10-8-16-24(27)28(33-29)22-13-5-2-6-14-22/h1-19,29,32H,20H2,(H,34,36). The Balaban J connectivity index is 1.44. The van der Waals surface area contributed by atoms with E-state index in [0.717, 1.165) is 33.3 Å². The normalized spacial score (nSPS) is 15.1. The van der Waals surface area contributed by atoms with Gasteiger partial charge in [0, 0.05) is 22.0 Å². The van der Waals surface area contributed by atoms with Crippen molar-refractivity contribution in [2.24, 2.45) is 4.99 Å². The third-order valence-electron chi connectivity index (χ3n) is 6.48. The first-order valence-electron chi connectivity index (χ1n) is 12.1. The highest BCUT2D eigenvalue weighted by atomic mass is 16.2. The molecule has 0 spiro atoms. The van der Waals surface area contributed by atoms with Crippen LogP contribution in [0.3, 0.4) is 0 Å². The molecular weight excluding hydrogens is 460 g/mol. The predicted octanol–water partition coefficient (Wildman–Crippen LogP) is 5.31. The number of aromatic amines is 1. The minimum Gasteiger partial charge on any atom is -0.351 e. The largest absolute Gasteiger partial charge is 0.351 e. The number of nitrogens with zero attached hydrogens (tertiary/aromatic N) is 2. The first-order valence-corrected chi connectivity index (χ1v) is 12.1. The number of anilines is 1. The number of carbonyl (C=O) groups is 2. The number of hydrogen-bond acceptors (Lipinski definition) is 3. The van der Waals surface area contributed by atoms with Gasteiger partial charge in [0.2, 0.25) is 6.17 Å². The van der Waals surface area contributed by atoms with Crippen LogP contribution in [0.15, 0.2) is 120 Å². The summed E-state index contributed by atoms with van der Waals surface area (Å²) in [5, 5.41) is 3.81. The summed E-state index contributed by atoms with van der Waals surface area (Å²) in [6, 6.07) is 36.7. The van der Waals surface area contributed by atoms with E-state index in [1.54, 1.807) is 11.0 Å². The fourth-order valence-electron chi connectivity index (χ4n) is 4.68. The molecule has 2 amide bonds. The van der Waals surface area contributed by atoms with E-state index in [1.807, 2.05) is 109 Å². The Morgan fingerprint density at radius 1 is 0.838 bits per heavy atom. The average Bonchev–Trinajstić information content (AvgIpc) is 3.35. The van der Waals surface area contributed by atoms with Gasteiger partial charge in [-0.2, -0.15) is 0 Å². The fourth-order valence-corrected chi connectivity index (χ4v) is 4.68. The van der Waals surface area contributed by atoms with Crippen LogP contribution in [-0.4, -0.2) is 28.7 Å². The van der Waals surface area contributed by atoms with Crippen LogP contribution < -0.4 is 10.2 Å². The summed E-state index contributed by atoms with van der Waals surface area (Å²) in [7, 11) is 0. The number of aliphatic imine (C=N–C) groups is 1. The molecule has 180 valence electrons.